The monoisotopic (exact) mass is 306 g/mol. The predicted molar refractivity (Wildman–Crippen MR) is 82.2 cm³/mol. The maximum absolute atomic E-state index is 11.1. The highest BCUT2D eigenvalue weighted by atomic mass is 16.5. The van der Waals surface area contributed by atoms with Crippen molar-refractivity contribution in [3.05, 3.63) is 29.8 Å². The Hall–Kier alpha value is -2.08. The average Bonchev–Trinajstić information content (AvgIpc) is 2.47. The van der Waals surface area contributed by atoms with Crippen LogP contribution in [-0.4, -0.2) is 54.2 Å². The van der Waals surface area contributed by atoms with Crippen molar-refractivity contribution in [2.75, 3.05) is 26.2 Å². The molecule has 1 atom stereocenters. The maximum atomic E-state index is 11.1. The van der Waals surface area contributed by atoms with Crippen molar-refractivity contribution >= 4 is 11.9 Å². The van der Waals surface area contributed by atoms with Crippen molar-refractivity contribution in [3.63, 3.8) is 0 Å². The summed E-state index contributed by atoms with van der Waals surface area (Å²) in [7, 11) is 0. The third-order valence-electron chi connectivity index (χ3n) is 3.67. The van der Waals surface area contributed by atoms with Gasteiger partial charge in [-0.05, 0) is 37.6 Å². The standard InChI is InChI=1S/C16H22N2O4/c1-12(19)17-14-5-3-7-18(11-14)8-9-22-15-6-2-4-13(10-15)16(20)21/h2,4,6,10,14H,3,5,7-9,11H2,1H3,(H,17,19)(H,20,21). The Morgan fingerprint density at radius 3 is 3.00 bits per heavy atom. The van der Waals surface area contributed by atoms with Gasteiger partial charge in [-0.25, -0.2) is 4.79 Å². The highest BCUT2D eigenvalue weighted by Crippen LogP contribution is 2.14. The molecule has 1 aliphatic heterocycles. The smallest absolute Gasteiger partial charge is 0.335 e. The van der Waals surface area contributed by atoms with E-state index < -0.39 is 5.97 Å². The second-order valence-electron chi connectivity index (χ2n) is 5.52. The van der Waals surface area contributed by atoms with Gasteiger partial charge in [-0.15, -0.1) is 0 Å². The molecule has 0 radical (unpaired) electrons. The number of likely N-dealkylation sites (tertiary alicyclic amines) is 1. The first-order valence-electron chi connectivity index (χ1n) is 7.50. The van der Waals surface area contributed by atoms with E-state index in [0.717, 1.165) is 32.5 Å². The Kier molecular flexibility index (Phi) is 5.77. The van der Waals surface area contributed by atoms with E-state index in [1.807, 2.05) is 0 Å². The molecule has 0 bridgehead atoms. The van der Waals surface area contributed by atoms with E-state index in [0.29, 0.717) is 12.4 Å². The molecule has 1 heterocycles. The summed E-state index contributed by atoms with van der Waals surface area (Å²) in [6, 6.07) is 6.70. The molecule has 1 aromatic rings. The molecule has 1 saturated heterocycles. The third kappa shape index (κ3) is 5.04. The number of nitrogens with zero attached hydrogens (tertiary/aromatic N) is 1. The number of rotatable bonds is 6. The van der Waals surface area contributed by atoms with E-state index in [2.05, 4.69) is 10.2 Å². The minimum absolute atomic E-state index is 0.00795. The summed E-state index contributed by atoms with van der Waals surface area (Å²) in [4.78, 5) is 24.3. The van der Waals surface area contributed by atoms with Crippen LogP contribution in [0.2, 0.25) is 0 Å². The molecule has 2 rings (SSSR count). The minimum atomic E-state index is -0.959. The number of carbonyl (C=O) groups excluding carboxylic acids is 1. The quantitative estimate of drug-likeness (QED) is 0.830. The Labute approximate surface area is 130 Å². The zero-order chi connectivity index (χ0) is 15.9. The summed E-state index contributed by atoms with van der Waals surface area (Å²) in [5.41, 5.74) is 0.223. The van der Waals surface area contributed by atoms with Gasteiger partial charge in [0.2, 0.25) is 5.91 Å². The number of hydrogen-bond donors (Lipinski definition) is 2. The highest BCUT2D eigenvalue weighted by molar-refractivity contribution is 5.87. The van der Waals surface area contributed by atoms with Crippen LogP contribution in [0.15, 0.2) is 24.3 Å². The zero-order valence-electron chi connectivity index (χ0n) is 12.7. The summed E-state index contributed by atoms with van der Waals surface area (Å²) in [5.74, 6) is -0.386. The first kappa shape index (κ1) is 16.3. The van der Waals surface area contributed by atoms with Crippen LogP contribution in [0.5, 0.6) is 5.75 Å². The largest absolute Gasteiger partial charge is 0.492 e. The van der Waals surface area contributed by atoms with Crippen molar-refractivity contribution in [1.29, 1.82) is 0 Å². The van der Waals surface area contributed by atoms with Crippen molar-refractivity contribution in [1.82, 2.24) is 10.2 Å². The van der Waals surface area contributed by atoms with Gasteiger partial charge in [0.1, 0.15) is 12.4 Å². The first-order chi connectivity index (χ1) is 10.5. The lowest BCUT2D eigenvalue weighted by Crippen LogP contribution is -2.48. The lowest BCUT2D eigenvalue weighted by molar-refractivity contribution is -0.120. The molecule has 1 aliphatic rings. The fourth-order valence-corrected chi connectivity index (χ4v) is 2.68. The van der Waals surface area contributed by atoms with Crippen molar-refractivity contribution in [3.8, 4) is 5.75 Å². The van der Waals surface area contributed by atoms with Crippen LogP contribution < -0.4 is 10.1 Å². The number of aromatic carboxylic acids is 1. The summed E-state index contributed by atoms with van der Waals surface area (Å²) < 4.78 is 5.62. The summed E-state index contributed by atoms with van der Waals surface area (Å²) >= 11 is 0. The molecule has 1 amide bonds. The fraction of sp³-hybridized carbons (Fsp3) is 0.500. The van der Waals surface area contributed by atoms with E-state index in [-0.39, 0.29) is 17.5 Å². The van der Waals surface area contributed by atoms with E-state index >= 15 is 0 Å². The van der Waals surface area contributed by atoms with Crippen molar-refractivity contribution in [2.45, 2.75) is 25.8 Å². The second-order valence-corrected chi connectivity index (χ2v) is 5.52. The Morgan fingerprint density at radius 1 is 1.45 bits per heavy atom. The van der Waals surface area contributed by atoms with Gasteiger partial charge in [-0.2, -0.15) is 0 Å². The van der Waals surface area contributed by atoms with Crippen LogP contribution in [-0.2, 0) is 4.79 Å². The predicted octanol–water partition coefficient (Wildman–Crippen LogP) is 1.36. The van der Waals surface area contributed by atoms with Crippen molar-refractivity contribution < 1.29 is 19.4 Å². The molecule has 0 spiro atoms. The number of carboxylic acids is 1. The lowest BCUT2D eigenvalue weighted by atomic mass is 10.1. The second kappa shape index (κ2) is 7.79. The molecule has 6 nitrogen and oxygen atoms in total. The first-order valence-corrected chi connectivity index (χ1v) is 7.50. The van der Waals surface area contributed by atoms with Gasteiger partial charge in [0.05, 0.1) is 5.56 Å². The summed E-state index contributed by atoms with van der Waals surface area (Å²) in [5, 5.41) is 11.9. The summed E-state index contributed by atoms with van der Waals surface area (Å²) in [6.07, 6.45) is 2.07. The van der Waals surface area contributed by atoms with Crippen LogP contribution >= 0.6 is 0 Å². The molecular weight excluding hydrogens is 284 g/mol. The number of nitrogens with one attached hydrogen (secondary N) is 1. The van der Waals surface area contributed by atoms with Crippen LogP contribution in [0.1, 0.15) is 30.1 Å². The van der Waals surface area contributed by atoms with E-state index in [9.17, 15) is 9.59 Å². The highest BCUT2D eigenvalue weighted by Gasteiger charge is 2.20. The van der Waals surface area contributed by atoms with E-state index in [1.54, 1.807) is 12.1 Å². The van der Waals surface area contributed by atoms with Crippen molar-refractivity contribution in [2.24, 2.45) is 0 Å². The third-order valence-corrected chi connectivity index (χ3v) is 3.67. The molecule has 1 aromatic carbocycles. The Balaban J connectivity index is 1.77. The van der Waals surface area contributed by atoms with Crippen LogP contribution in [0.25, 0.3) is 0 Å². The van der Waals surface area contributed by atoms with Gasteiger partial charge in [0.15, 0.2) is 0 Å². The lowest BCUT2D eigenvalue weighted by Gasteiger charge is -2.32. The molecular formula is C16H22N2O4. The number of piperidine rings is 1. The molecule has 1 unspecified atom stereocenters. The van der Waals surface area contributed by atoms with Gasteiger partial charge in [0, 0.05) is 26.1 Å². The normalized spacial score (nSPS) is 18.7. The van der Waals surface area contributed by atoms with Crippen LogP contribution in [0, 0.1) is 0 Å². The van der Waals surface area contributed by atoms with E-state index in [1.165, 1.54) is 19.1 Å². The maximum Gasteiger partial charge on any atom is 0.335 e. The molecule has 22 heavy (non-hydrogen) atoms. The van der Waals surface area contributed by atoms with Gasteiger partial charge < -0.3 is 15.2 Å². The van der Waals surface area contributed by atoms with Gasteiger partial charge in [0.25, 0.3) is 0 Å². The molecule has 0 saturated carbocycles. The topological polar surface area (TPSA) is 78.9 Å². The number of ether oxygens (including phenoxy) is 1. The Morgan fingerprint density at radius 2 is 2.27 bits per heavy atom. The van der Waals surface area contributed by atoms with Gasteiger partial charge >= 0.3 is 5.97 Å². The number of benzene rings is 1. The number of hydrogen-bond acceptors (Lipinski definition) is 4. The fourth-order valence-electron chi connectivity index (χ4n) is 2.68. The zero-order valence-corrected chi connectivity index (χ0v) is 12.7. The number of amides is 1. The van der Waals surface area contributed by atoms with Crippen LogP contribution in [0.4, 0.5) is 0 Å². The number of carboxylic acid groups (broad SMARTS) is 1. The molecule has 120 valence electrons. The molecule has 2 N–H and O–H groups in total. The SMILES string of the molecule is CC(=O)NC1CCCN(CCOc2cccc(C(=O)O)c2)C1. The Bertz CT molecular complexity index is 533. The summed E-state index contributed by atoms with van der Waals surface area (Å²) in [6.45, 7) is 4.62. The van der Waals surface area contributed by atoms with Gasteiger partial charge in [-0.1, -0.05) is 6.07 Å². The molecule has 6 heteroatoms. The van der Waals surface area contributed by atoms with Crippen LogP contribution in [0.3, 0.4) is 0 Å². The van der Waals surface area contributed by atoms with Gasteiger partial charge in [-0.3, -0.25) is 9.69 Å². The van der Waals surface area contributed by atoms with E-state index in [4.69, 9.17) is 9.84 Å². The minimum Gasteiger partial charge on any atom is -0.492 e. The molecule has 0 aliphatic carbocycles. The number of carbonyl (C=O) groups is 2. The molecule has 1 fully saturated rings. The average molecular weight is 306 g/mol. The molecule has 0 aromatic heterocycles.